The molecule has 0 spiro atoms. The van der Waals surface area contributed by atoms with Gasteiger partial charge in [-0.1, -0.05) is 171 Å². The molecule has 0 aromatic rings. The van der Waals surface area contributed by atoms with Gasteiger partial charge in [-0.25, -0.2) is 4.57 Å². The monoisotopic (exact) mass is 839 g/mol. The standard InChI is InChI=1S/C46H79O11P/c1-4-5-6-7-8-9-10-11-15-18-21-24-28-33-42(48)34-29-26-31-35-45(50)54-39-44(40-56-58(52,53)55-38-43(49)37-47)57-46(51)36-30-25-22-19-16-13-12-14-17-20-23-27-32-41(2)3/h5-6,8-9,11,15,21,24,26,28-29,33,41-44,47-49H,4,7,10,12-14,16-20,22-23,25,27,30-32,34-40H2,1-3H3,(H,52,53)/b6-5-,9-8-,15-11-,24-21-,29-26-,33-28-/t42?,43-,44+/m0/s1. The van der Waals surface area contributed by atoms with Crippen molar-refractivity contribution in [3.8, 4) is 0 Å². The van der Waals surface area contributed by atoms with Crippen molar-refractivity contribution in [2.45, 2.75) is 174 Å². The molecule has 4 N–H and O–H groups in total. The van der Waals surface area contributed by atoms with Crippen LogP contribution in [0.5, 0.6) is 0 Å². The highest BCUT2D eigenvalue weighted by Crippen LogP contribution is 2.43. The van der Waals surface area contributed by atoms with Crippen molar-refractivity contribution >= 4 is 19.8 Å². The van der Waals surface area contributed by atoms with Crippen molar-refractivity contribution in [1.82, 2.24) is 0 Å². The van der Waals surface area contributed by atoms with E-state index in [0.717, 1.165) is 50.9 Å². The molecule has 0 saturated carbocycles. The van der Waals surface area contributed by atoms with Gasteiger partial charge in [0.05, 0.1) is 25.9 Å². The zero-order valence-corrected chi connectivity index (χ0v) is 36.9. The Balaban J connectivity index is 4.51. The number of hydrogen-bond donors (Lipinski definition) is 4. The average molecular weight is 839 g/mol. The number of carbonyl (C=O) groups excluding carboxylic acids is 2. The third-order valence-electron chi connectivity index (χ3n) is 8.90. The maximum absolute atomic E-state index is 12.6. The van der Waals surface area contributed by atoms with Crippen LogP contribution in [0.3, 0.4) is 0 Å². The summed E-state index contributed by atoms with van der Waals surface area (Å²) in [4.78, 5) is 35.0. The summed E-state index contributed by atoms with van der Waals surface area (Å²) in [6.07, 6.45) is 40.5. The molecule has 4 atom stereocenters. The minimum Gasteiger partial charge on any atom is -0.462 e. The Morgan fingerprint density at radius 1 is 0.638 bits per heavy atom. The molecule has 0 aliphatic heterocycles. The van der Waals surface area contributed by atoms with Gasteiger partial charge in [-0.15, -0.1) is 0 Å². The average Bonchev–Trinajstić information content (AvgIpc) is 3.19. The molecule has 11 nitrogen and oxygen atoms in total. The Morgan fingerprint density at radius 2 is 1.19 bits per heavy atom. The Bertz CT molecular complexity index is 1220. The largest absolute Gasteiger partial charge is 0.472 e. The number of phosphoric acid groups is 1. The van der Waals surface area contributed by atoms with Gasteiger partial charge >= 0.3 is 19.8 Å². The van der Waals surface area contributed by atoms with E-state index < -0.39 is 64.5 Å². The highest BCUT2D eigenvalue weighted by atomic mass is 31.2. The number of esters is 2. The maximum atomic E-state index is 12.6. The van der Waals surface area contributed by atoms with Crippen molar-refractivity contribution in [1.29, 1.82) is 0 Å². The molecule has 0 bridgehead atoms. The van der Waals surface area contributed by atoms with Gasteiger partial charge in [-0.05, 0) is 50.9 Å². The summed E-state index contributed by atoms with van der Waals surface area (Å²) in [5.41, 5.74) is 0. The van der Waals surface area contributed by atoms with Crippen molar-refractivity contribution in [2.75, 3.05) is 26.4 Å². The molecule has 0 aliphatic rings. The smallest absolute Gasteiger partial charge is 0.462 e. The van der Waals surface area contributed by atoms with Crippen molar-refractivity contribution < 1.29 is 52.9 Å². The number of rotatable bonds is 39. The number of carbonyl (C=O) groups is 2. The fraction of sp³-hybridized carbons (Fsp3) is 0.696. The molecule has 58 heavy (non-hydrogen) atoms. The second kappa shape index (κ2) is 39.8. The quantitative estimate of drug-likeness (QED) is 0.0153. The topological polar surface area (TPSA) is 169 Å². The van der Waals surface area contributed by atoms with E-state index in [4.69, 9.17) is 19.1 Å². The van der Waals surface area contributed by atoms with Crippen LogP contribution >= 0.6 is 7.82 Å². The third-order valence-corrected chi connectivity index (χ3v) is 9.85. The summed E-state index contributed by atoms with van der Waals surface area (Å²) in [5.74, 6) is -0.315. The first-order chi connectivity index (χ1) is 28.0. The Morgan fingerprint density at radius 3 is 1.78 bits per heavy atom. The first kappa shape index (κ1) is 55.4. The molecule has 334 valence electrons. The Hall–Kier alpha value is -2.63. The van der Waals surface area contributed by atoms with Gasteiger partial charge in [-0.2, -0.15) is 0 Å². The lowest BCUT2D eigenvalue weighted by molar-refractivity contribution is -0.161. The highest BCUT2D eigenvalue weighted by Gasteiger charge is 2.27. The van der Waals surface area contributed by atoms with E-state index in [0.29, 0.717) is 19.3 Å². The van der Waals surface area contributed by atoms with Crippen LogP contribution in [0.25, 0.3) is 0 Å². The van der Waals surface area contributed by atoms with Crippen LogP contribution in [-0.4, -0.2) is 76.9 Å². The van der Waals surface area contributed by atoms with E-state index in [1.807, 2.05) is 12.2 Å². The first-order valence-corrected chi connectivity index (χ1v) is 23.4. The number of aliphatic hydroxyl groups is 3. The van der Waals surface area contributed by atoms with Crippen LogP contribution in [0.15, 0.2) is 72.9 Å². The van der Waals surface area contributed by atoms with Gasteiger partial charge in [0.25, 0.3) is 0 Å². The van der Waals surface area contributed by atoms with E-state index in [1.54, 1.807) is 24.3 Å². The molecule has 0 rings (SSSR count). The summed E-state index contributed by atoms with van der Waals surface area (Å²) in [7, 11) is -4.66. The van der Waals surface area contributed by atoms with E-state index >= 15 is 0 Å². The van der Waals surface area contributed by atoms with Crippen LogP contribution < -0.4 is 0 Å². The molecule has 0 radical (unpaired) electrons. The van der Waals surface area contributed by atoms with Gasteiger partial charge < -0.3 is 29.7 Å². The zero-order chi connectivity index (χ0) is 43.0. The van der Waals surface area contributed by atoms with Crippen molar-refractivity contribution in [3.05, 3.63) is 72.9 Å². The predicted octanol–water partition coefficient (Wildman–Crippen LogP) is 10.5. The molecule has 0 aliphatic carbocycles. The number of aliphatic hydroxyl groups excluding tert-OH is 3. The Kier molecular flexibility index (Phi) is 38.0. The molecule has 0 aromatic carbocycles. The molecule has 0 aromatic heterocycles. The van der Waals surface area contributed by atoms with Crippen LogP contribution in [-0.2, 0) is 32.7 Å². The van der Waals surface area contributed by atoms with E-state index in [1.165, 1.54) is 57.8 Å². The molecule has 0 heterocycles. The minimum absolute atomic E-state index is 0.0327. The Labute approximate surface area is 351 Å². The fourth-order valence-corrected chi connectivity index (χ4v) is 6.31. The molecular weight excluding hydrogens is 759 g/mol. The third kappa shape index (κ3) is 40.2. The van der Waals surface area contributed by atoms with Crippen LogP contribution in [0, 0.1) is 5.92 Å². The molecule has 0 amide bonds. The SMILES string of the molecule is CC/C=C\C/C=C\C/C=C\C/C=C\C=C/C(O)C/C=C\CCC(=O)OC[C@H](COP(=O)(O)OC[C@@H](O)CO)OC(=O)CCCCCCCCCCCCCCC(C)C. The van der Waals surface area contributed by atoms with E-state index in [2.05, 4.69) is 61.8 Å². The van der Waals surface area contributed by atoms with Crippen LogP contribution in [0.1, 0.15) is 156 Å². The van der Waals surface area contributed by atoms with Gasteiger partial charge in [-0.3, -0.25) is 18.6 Å². The number of hydrogen-bond acceptors (Lipinski definition) is 10. The molecular formula is C46H79O11P. The number of allylic oxidation sites excluding steroid dienone is 10. The summed E-state index contributed by atoms with van der Waals surface area (Å²) in [5, 5.41) is 28.5. The lowest BCUT2D eigenvalue weighted by atomic mass is 10.0. The normalized spacial score (nSPS) is 15.2. The van der Waals surface area contributed by atoms with Crippen LogP contribution in [0.4, 0.5) is 0 Å². The van der Waals surface area contributed by atoms with Crippen LogP contribution in [0.2, 0.25) is 0 Å². The fourth-order valence-electron chi connectivity index (χ4n) is 5.52. The van der Waals surface area contributed by atoms with E-state index in [-0.39, 0.29) is 12.8 Å². The zero-order valence-electron chi connectivity index (χ0n) is 36.0. The number of unbranched alkanes of at least 4 members (excludes halogenated alkanes) is 11. The lowest BCUT2D eigenvalue weighted by Crippen LogP contribution is -2.29. The summed E-state index contributed by atoms with van der Waals surface area (Å²) in [6, 6.07) is 0. The molecule has 0 saturated heterocycles. The number of phosphoric ester groups is 1. The van der Waals surface area contributed by atoms with Gasteiger partial charge in [0, 0.05) is 12.8 Å². The predicted molar refractivity (Wildman–Crippen MR) is 234 cm³/mol. The second-order valence-corrected chi connectivity index (χ2v) is 16.5. The summed E-state index contributed by atoms with van der Waals surface area (Å²) in [6.45, 7) is 4.37. The van der Waals surface area contributed by atoms with Gasteiger partial charge in [0.15, 0.2) is 6.10 Å². The molecule has 0 fully saturated rings. The molecule has 12 heteroatoms. The highest BCUT2D eigenvalue weighted by molar-refractivity contribution is 7.47. The van der Waals surface area contributed by atoms with E-state index in [9.17, 15) is 29.3 Å². The second-order valence-electron chi connectivity index (χ2n) is 15.0. The number of ether oxygens (including phenoxy) is 2. The summed E-state index contributed by atoms with van der Waals surface area (Å²) < 4.78 is 32.6. The lowest BCUT2D eigenvalue weighted by Gasteiger charge is -2.20. The van der Waals surface area contributed by atoms with Gasteiger partial charge in [0.1, 0.15) is 12.7 Å². The molecule has 2 unspecified atom stereocenters. The van der Waals surface area contributed by atoms with Gasteiger partial charge in [0.2, 0.25) is 0 Å². The maximum Gasteiger partial charge on any atom is 0.472 e. The van der Waals surface area contributed by atoms with Crippen molar-refractivity contribution in [3.63, 3.8) is 0 Å². The summed E-state index contributed by atoms with van der Waals surface area (Å²) >= 11 is 0. The van der Waals surface area contributed by atoms with Crippen molar-refractivity contribution in [2.24, 2.45) is 5.92 Å². The minimum atomic E-state index is -4.66. The first-order valence-electron chi connectivity index (χ1n) is 21.9.